The maximum absolute atomic E-state index is 12.7. The summed E-state index contributed by atoms with van der Waals surface area (Å²) >= 11 is 0. The number of nitrogens with zero attached hydrogens (tertiary/aromatic N) is 1. The van der Waals surface area contributed by atoms with Crippen LogP contribution in [-0.2, 0) is 0 Å². The van der Waals surface area contributed by atoms with Gasteiger partial charge < -0.3 is 24.8 Å². The Morgan fingerprint density at radius 3 is 2.16 bits per heavy atom. The Balaban J connectivity index is 0.00000312. The number of hydrogen-bond donors (Lipinski definition) is 1. The van der Waals surface area contributed by atoms with Crippen LogP contribution in [0.4, 0.5) is 8.78 Å². The molecule has 0 unspecified atom stereocenters. The third kappa shape index (κ3) is 5.09. The Bertz CT molecular complexity index is 556. The number of halogens is 3. The minimum Gasteiger partial charge on any atom is -0.493 e. The lowest BCUT2D eigenvalue weighted by Crippen LogP contribution is -2.40. The number of methoxy groups -OCH3 is 2. The largest absolute Gasteiger partial charge is 0.493 e. The van der Waals surface area contributed by atoms with Gasteiger partial charge in [0.1, 0.15) is 0 Å². The number of hydrogen-bond acceptors (Lipinski definition) is 5. The van der Waals surface area contributed by atoms with Crippen LogP contribution in [0.15, 0.2) is 12.1 Å². The molecule has 9 heteroatoms. The van der Waals surface area contributed by atoms with Crippen molar-refractivity contribution in [3.63, 3.8) is 0 Å². The van der Waals surface area contributed by atoms with Gasteiger partial charge in [-0.3, -0.25) is 4.79 Å². The van der Waals surface area contributed by atoms with E-state index in [2.05, 4.69) is 4.74 Å². The zero-order valence-corrected chi connectivity index (χ0v) is 15.0. The fourth-order valence-electron chi connectivity index (χ4n) is 2.76. The van der Waals surface area contributed by atoms with Crippen LogP contribution in [0.3, 0.4) is 0 Å². The summed E-state index contributed by atoms with van der Waals surface area (Å²) in [6.45, 7) is -1.19. The number of nitrogens with two attached hydrogens (primary N) is 1. The molecule has 0 radical (unpaired) electrons. The molecule has 1 heterocycles. The number of ether oxygens (including phenoxy) is 3. The first-order valence-electron chi connectivity index (χ1n) is 7.70. The van der Waals surface area contributed by atoms with Crippen LogP contribution in [0.25, 0.3) is 0 Å². The number of amides is 1. The standard InChI is InChI=1S/C16H22F2N2O4.ClH/c1-22-12-7-11(8-13(23-2)14(12)24-16(17)18)15(21)20-5-3-10(9-19)4-6-20;/h7-8,10,16H,3-6,9,19H2,1-2H3;1H. The number of likely N-dealkylation sites (tertiary alicyclic amines) is 1. The predicted molar refractivity (Wildman–Crippen MR) is 91.1 cm³/mol. The van der Waals surface area contributed by atoms with Crippen molar-refractivity contribution in [2.24, 2.45) is 11.7 Å². The Kier molecular flexibility index (Phi) is 8.18. The highest BCUT2D eigenvalue weighted by Gasteiger charge is 2.26. The Hall–Kier alpha value is -1.80. The van der Waals surface area contributed by atoms with Gasteiger partial charge >= 0.3 is 6.61 Å². The molecule has 1 aliphatic heterocycles. The van der Waals surface area contributed by atoms with Gasteiger partial charge in [0.2, 0.25) is 5.75 Å². The van der Waals surface area contributed by atoms with E-state index in [1.54, 1.807) is 4.90 Å². The summed E-state index contributed by atoms with van der Waals surface area (Å²) < 4.78 is 39.7. The van der Waals surface area contributed by atoms with Crippen molar-refractivity contribution >= 4 is 18.3 Å². The van der Waals surface area contributed by atoms with Crippen molar-refractivity contribution < 1.29 is 27.8 Å². The fraction of sp³-hybridized carbons (Fsp3) is 0.562. The minimum atomic E-state index is -3.02. The zero-order valence-electron chi connectivity index (χ0n) is 14.2. The van der Waals surface area contributed by atoms with Gasteiger partial charge in [-0.15, -0.1) is 12.4 Å². The summed E-state index contributed by atoms with van der Waals surface area (Å²) in [6.07, 6.45) is 1.70. The van der Waals surface area contributed by atoms with Crippen LogP contribution in [0.2, 0.25) is 0 Å². The molecule has 1 aromatic rings. The number of carbonyl (C=O) groups excluding carboxylic acids is 1. The third-order valence-electron chi connectivity index (χ3n) is 4.15. The lowest BCUT2D eigenvalue weighted by atomic mass is 9.96. The van der Waals surface area contributed by atoms with Crippen molar-refractivity contribution in [1.29, 1.82) is 0 Å². The molecular weight excluding hydrogens is 358 g/mol. The predicted octanol–water partition coefficient (Wildman–Crippen LogP) is 2.54. The Morgan fingerprint density at radius 1 is 1.24 bits per heavy atom. The quantitative estimate of drug-likeness (QED) is 0.821. The summed E-state index contributed by atoms with van der Waals surface area (Å²) in [5.41, 5.74) is 5.96. The maximum atomic E-state index is 12.7. The molecule has 2 N–H and O–H groups in total. The van der Waals surface area contributed by atoms with E-state index >= 15 is 0 Å². The SMILES string of the molecule is COc1cc(C(=O)N2CCC(CN)CC2)cc(OC)c1OC(F)F.Cl. The van der Waals surface area contributed by atoms with Gasteiger partial charge in [0.25, 0.3) is 5.91 Å². The molecule has 0 atom stereocenters. The number of alkyl halides is 2. The average molecular weight is 381 g/mol. The highest BCUT2D eigenvalue weighted by Crippen LogP contribution is 2.40. The number of benzene rings is 1. The molecule has 1 aliphatic rings. The van der Waals surface area contributed by atoms with Gasteiger partial charge in [-0.25, -0.2) is 0 Å². The monoisotopic (exact) mass is 380 g/mol. The van der Waals surface area contributed by atoms with Crippen LogP contribution >= 0.6 is 12.4 Å². The van der Waals surface area contributed by atoms with E-state index in [0.717, 1.165) is 12.8 Å². The molecule has 0 saturated carbocycles. The molecule has 6 nitrogen and oxygen atoms in total. The van der Waals surface area contributed by atoms with Crippen LogP contribution in [0, 0.1) is 5.92 Å². The Morgan fingerprint density at radius 2 is 1.76 bits per heavy atom. The van der Waals surface area contributed by atoms with E-state index in [-0.39, 0.29) is 35.6 Å². The summed E-state index contributed by atoms with van der Waals surface area (Å²) in [5, 5.41) is 0. The first kappa shape index (κ1) is 21.2. The van der Waals surface area contributed by atoms with E-state index in [1.165, 1.54) is 26.4 Å². The molecule has 0 spiro atoms. The smallest absolute Gasteiger partial charge is 0.387 e. The van der Waals surface area contributed by atoms with E-state index in [1.807, 2.05) is 0 Å². The lowest BCUT2D eigenvalue weighted by Gasteiger charge is -2.31. The van der Waals surface area contributed by atoms with Crippen molar-refractivity contribution in [3.05, 3.63) is 17.7 Å². The molecule has 0 bridgehead atoms. The topological polar surface area (TPSA) is 74.0 Å². The van der Waals surface area contributed by atoms with Crippen molar-refractivity contribution in [2.45, 2.75) is 19.5 Å². The normalized spacial score (nSPS) is 14.9. The van der Waals surface area contributed by atoms with E-state index in [4.69, 9.17) is 15.2 Å². The van der Waals surface area contributed by atoms with Gasteiger partial charge in [-0.1, -0.05) is 0 Å². The first-order valence-corrected chi connectivity index (χ1v) is 7.70. The summed E-state index contributed by atoms with van der Waals surface area (Å²) in [4.78, 5) is 14.4. The summed E-state index contributed by atoms with van der Waals surface area (Å²) in [5.74, 6) is 0.0451. The number of carbonyl (C=O) groups is 1. The molecule has 142 valence electrons. The second-order valence-corrected chi connectivity index (χ2v) is 5.56. The molecular formula is C16H23ClF2N2O4. The first-order chi connectivity index (χ1) is 11.5. The van der Waals surface area contributed by atoms with Gasteiger partial charge in [-0.2, -0.15) is 8.78 Å². The van der Waals surface area contributed by atoms with Crippen molar-refractivity contribution in [1.82, 2.24) is 4.90 Å². The molecule has 0 aliphatic carbocycles. The van der Waals surface area contributed by atoms with Gasteiger partial charge in [0, 0.05) is 18.7 Å². The summed E-state index contributed by atoms with van der Waals surface area (Å²) in [7, 11) is 2.63. The van der Waals surface area contributed by atoms with Crippen molar-refractivity contribution in [3.8, 4) is 17.2 Å². The van der Waals surface area contributed by atoms with Crippen molar-refractivity contribution in [2.75, 3.05) is 33.9 Å². The van der Waals surface area contributed by atoms with Gasteiger partial charge in [-0.05, 0) is 37.4 Å². The minimum absolute atomic E-state index is 0. The van der Waals surface area contributed by atoms with E-state index in [0.29, 0.717) is 31.1 Å². The Labute approximate surface area is 151 Å². The van der Waals surface area contributed by atoms with Crippen LogP contribution in [-0.4, -0.2) is 51.3 Å². The fourth-order valence-corrected chi connectivity index (χ4v) is 2.76. The lowest BCUT2D eigenvalue weighted by molar-refractivity contribution is -0.0526. The molecule has 1 amide bonds. The van der Waals surface area contributed by atoms with Gasteiger partial charge in [0.05, 0.1) is 14.2 Å². The zero-order chi connectivity index (χ0) is 17.7. The van der Waals surface area contributed by atoms with E-state index < -0.39 is 6.61 Å². The molecule has 1 saturated heterocycles. The summed E-state index contributed by atoms with van der Waals surface area (Å²) in [6, 6.07) is 2.77. The maximum Gasteiger partial charge on any atom is 0.387 e. The third-order valence-corrected chi connectivity index (χ3v) is 4.15. The van der Waals surface area contributed by atoms with E-state index in [9.17, 15) is 13.6 Å². The van der Waals surface area contributed by atoms with Crippen LogP contribution in [0.1, 0.15) is 23.2 Å². The highest BCUT2D eigenvalue weighted by molar-refractivity contribution is 5.95. The number of rotatable bonds is 6. The van der Waals surface area contributed by atoms with Crippen LogP contribution in [0.5, 0.6) is 17.2 Å². The second kappa shape index (κ2) is 9.62. The second-order valence-electron chi connectivity index (χ2n) is 5.56. The van der Waals surface area contributed by atoms with Crippen LogP contribution < -0.4 is 19.9 Å². The molecule has 1 fully saturated rings. The average Bonchev–Trinajstić information content (AvgIpc) is 2.60. The number of piperidine rings is 1. The molecule has 25 heavy (non-hydrogen) atoms. The van der Waals surface area contributed by atoms with Gasteiger partial charge in [0.15, 0.2) is 11.5 Å². The highest BCUT2D eigenvalue weighted by atomic mass is 35.5. The molecule has 2 rings (SSSR count). The molecule has 0 aromatic heterocycles. The molecule has 1 aromatic carbocycles.